The van der Waals surface area contributed by atoms with Gasteiger partial charge in [0.15, 0.2) is 0 Å². The maximum absolute atomic E-state index is 15.4. The molecule has 2 aromatic heterocycles. The van der Waals surface area contributed by atoms with Gasteiger partial charge >= 0.3 is 0 Å². The Morgan fingerprint density at radius 3 is 2.48 bits per heavy atom. The molecule has 0 aliphatic carbocycles. The molecule has 2 aromatic carbocycles. The highest BCUT2D eigenvalue weighted by molar-refractivity contribution is 6.19. The van der Waals surface area contributed by atoms with Gasteiger partial charge in [0.1, 0.15) is 11.6 Å². The summed E-state index contributed by atoms with van der Waals surface area (Å²) in [6, 6.07) is 12.9. The fourth-order valence-electron chi connectivity index (χ4n) is 9.90. The molecule has 2 N–H and O–H groups in total. The molecule has 0 unspecified atom stereocenters. The SMILES string of the molecule is COC[C@H]1CN(C2CCN(c3cc(F)c([C@H]4CCC(=O)NC4=O)c(F)c3)CC2)CCN1c1ccc2c(c1)N1C[C@H](C)CCCOc3c(cnn3C)-c3cc(cc(C)n3)C(=O)/N=C/1N2. The van der Waals surface area contributed by atoms with Gasteiger partial charge in [-0.05, 0) is 87.4 Å². The van der Waals surface area contributed by atoms with Gasteiger partial charge in [-0.15, -0.1) is 0 Å². The van der Waals surface area contributed by atoms with Crippen LogP contribution in [0.1, 0.15) is 73.0 Å². The number of aliphatic imine (C=N–C) groups is 1. The Kier molecular flexibility index (Phi) is 11.9. The van der Waals surface area contributed by atoms with E-state index in [0.717, 1.165) is 67.9 Å². The van der Waals surface area contributed by atoms with Crippen molar-refractivity contribution in [3.05, 3.63) is 77.1 Å². The fraction of sp³-hybridized carbons (Fsp3) is 0.478. The van der Waals surface area contributed by atoms with Gasteiger partial charge in [0, 0.05) is 94.1 Å². The predicted molar refractivity (Wildman–Crippen MR) is 236 cm³/mol. The van der Waals surface area contributed by atoms with Gasteiger partial charge in [0.25, 0.3) is 5.91 Å². The smallest absolute Gasteiger partial charge is 0.280 e. The van der Waals surface area contributed by atoms with Crippen molar-refractivity contribution in [2.45, 2.75) is 70.4 Å². The molecule has 5 aliphatic heterocycles. The van der Waals surface area contributed by atoms with Gasteiger partial charge in [-0.25, -0.2) is 13.5 Å². The van der Waals surface area contributed by atoms with Gasteiger partial charge in [0.05, 0.1) is 54.0 Å². The number of aryl methyl sites for hydroxylation is 2. The Morgan fingerprint density at radius 2 is 1.71 bits per heavy atom. The van der Waals surface area contributed by atoms with E-state index in [1.807, 2.05) is 18.9 Å². The quantitative estimate of drug-likeness (QED) is 0.232. The first-order valence-electron chi connectivity index (χ1n) is 22.0. The molecule has 17 heteroatoms. The zero-order chi connectivity index (χ0) is 43.9. The van der Waals surface area contributed by atoms with E-state index in [0.29, 0.717) is 73.4 Å². The number of methoxy groups -OCH3 is 1. The minimum atomic E-state index is -1.03. The zero-order valence-corrected chi connectivity index (χ0v) is 36.2. The molecule has 4 aromatic rings. The number of amides is 3. The lowest BCUT2D eigenvalue weighted by Gasteiger charge is -2.47. The number of fused-ring (bicyclic) bond motifs is 7. The second-order valence-electron chi connectivity index (χ2n) is 17.5. The standard InChI is InChI=1S/C46H54F2N10O5/c1-27-6-5-17-63-45-35(23-49-54(45)3)39-19-29(18-28(2)50-39)43(60)53-46-51-38-9-7-31(22-40(38)58(46)24-27)57-16-15-56(25-33(57)26-62-4)30-11-13-55(14-12-30)32-20-36(47)42(37(48)21-32)34-8-10-41(59)52-44(34)61/h7,9,18-23,27,30,33-34H,5-6,8,10-17,24-26H2,1-4H3,(H,51,53,60)(H,52,59,61)/t27-,33-,34-/m1/s1. The van der Waals surface area contributed by atoms with Crippen molar-refractivity contribution in [3.63, 3.8) is 0 Å². The van der Waals surface area contributed by atoms with Crippen LogP contribution in [-0.2, 0) is 21.4 Å². The van der Waals surface area contributed by atoms with Crippen LogP contribution < -0.4 is 30.1 Å². The third-order valence-corrected chi connectivity index (χ3v) is 13.1. The number of hydrogen-bond donors (Lipinski definition) is 2. The second-order valence-corrected chi connectivity index (χ2v) is 17.5. The number of halogens is 2. The van der Waals surface area contributed by atoms with Crippen LogP contribution in [0.5, 0.6) is 5.88 Å². The average molecular weight is 865 g/mol. The highest BCUT2D eigenvalue weighted by Gasteiger charge is 2.37. The molecule has 7 heterocycles. The van der Waals surface area contributed by atoms with Crippen molar-refractivity contribution < 1.29 is 32.6 Å². The van der Waals surface area contributed by atoms with Gasteiger partial charge in [-0.3, -0.25) is 29.6 Å². The minimum Gasteiger partial charge on any atom is -0.477 e. The van der Waals surface area contributed by atoms with E-state index in [9.17, 15) is 14.4 Å². The number of imide groups is 1. The average Bonchev–Trinajstić information content (AvgIpc) is 3.80. The van der Waals surface area contributed by atoms with Crippen molar-refractivity contribution in [3.8, 4) is 17.1 Å². The minimum absolute atomic E-state index is 0.0485. The first-order chi connectivity index (χ1) is 30.4. The predicted octanol–water partition coefficient (Wildman–Crippen LogP) is 5.63. The van der Waals surface area contributed by atoms with Crippen molar-refractivity contribution in [2.24, 2.45) is 18.0 Å². The molecular formula is C46H54F2N10O5. The molecule has 0 spiro atoms. The van der Waals surface area contributed by atoms with Gasteiger partial charge in [0.2, 0.25) is 23.7 Å². The van der Waals surface area contributed by atoms with E-state index in [-0.39, 0.29) is 36.3 Å². The first kappa shape index (κ1) is 42.4. The monoisotopic (exact) mass is 864 g/mol. The Bertz CT molecular complexity index is 2430. The number of nitrogens with zero attached hydrogens (tertiary/aromatic N) is 8. The first-order valence-corrected chi connectivity index (χ1v) is 22.0. The maximum Gasteiger partial charge on any atom is 0.280 e. The van der Waals surface area contributed by atoms with Crippen LogP contribution >= 0.6 is 0 Å². The lowest BCUT2D eigenvalue weighted by molar-refractivity contribution is -0.134. The number of nitrogens with one attached hydrogen (secondary N) is 2. The summed E-state index contributed by atoms with van der Waals surface area (Å²) >= 11 is 0. The van der Waals surface area contributed by atoms with Crippen molar-refractivity contribution in [1.29, 1.82) is 0 Å². The number of guanidine groups is 1. The molecule has 63 heavy (non-hydrogen) atoms. The maximum atomic E-state index is 15.4. The van der Waals surface area contributed by atoms with Crippen molar-refractivity contribution >= 4 is 46.4 Å². The molecule has 5 aliphatic rings. The summed E-state index contributed by atoms with van der Waals surface area (Å²) in [5, 5.41) is 10.1. The number of piperazine rings is 1. The summed E-state index contributed by atoms with van der Waals surface area (Å²) in [6.07, 6.45) is 5.23. The second kappa shape index (κ2) is 17.7. The highest BCUT2D eigenvalue weighted by atomic mass is 19.1. The number of rotatable bonds is 6. The number of carbonyl (C=O) groups is 3. The molecule has 332 valence electrons. The third-order valence-electron chi connectivity index (χ3n) is 13.1. The van der Waals surface area contributed by atoms with Crippen LogP contribution in [0.2, 0.25) is 0 Å². The number of aromatic nitrogens is 3. The number of benzene rings is 2. The van der Waals surface area contributed by atoms with Gasteiger partial charge < -0.3 is 29.5 Å². The molecule has 15 nitrogen and oxygen atoms in total. The Labute approximate surface area is 365 Å². The number of pyridine rings is 1. The number of anilines is 4. The summed E-state index contributed by atoms with van der Waals surface area (Å²) in [6.45, 7) is 9.42. The van der Waals surface area contributed by atoms with E-state index in [1.165, 1.54) is 12.1 Å². The highest BCUT2D eigenvalue weighted by Crippen LogP contribution is 2.39. The van der Waals surface area contributed by atoms with Crippen LogP contribution in [0.3, 0.4) is 0 Å². The van der Waals surface area contributed by atoms with Gasteiger partial charge in [-0.1, -0.05) is 6.92 Å². The van der Waals surface area contributed by atoms with Crippen LogP contribution in [0.15, 0.2) is 53.7 Å². The fourth-order valence-corrected chi connectivity index (χ4v) is 9.90. The lowest BCUT2D eigenvalue weighted by Crippen LogP contribution is -2.59. The van der Waals surface area contributed by atoms with Crippen LogP contribution in [0, 0.1) is 24.5 Å². The van der Waals surface area contributed by atoms with Crippen LogP contribution in [0.25, 0.3) is 11.3 Å². The van der Waals surface area contributed by atoms with Crippen molar-refractivity contribution in [1.82, 2.24) is 25.0 Å². The zero-order valence-electron chi connectivity index (χ0n) is 36.2. The molecule has 0 saturated carbocycles. The summed E-state index contributed by atoms with van der Waals surface area (Å²) in [4.78, 5) is 56.4. The normalized spacial score (nSPS) is 23.4. The lowest BCUT2D eigenvalue weighted by atomic mass is 9.89. The number of hydrogen-bond acceptors (Lipinski definition) is 12. The molecule has 3 atom stereocenters. The number of carbonyl (C=O) groups excluding carboxylic acids is 3. The molecule has 3 saturated heterocycles. The Morgan fingerprint density at radius 1 is 0.921 bits per heavy atom. The van der Waals surface area contributed by atoms with E-state index in [4.69, 9.17) is 19.5 Å². The molecule has 2 bridgehead atoms. The summed E-state index contributed by atoms with van der Waals surface area (Å²) in [5.74, 6) is -2.66. The number of piperidine rings is 2. The molecule has 3 fully saturated rings. The summed E-state index contributed by atoms with van der Waals surface area (Å²) in [5.41, 5.74) is 5.53. The third kappa shape index (κ3) is 8.60. The Balaban J connectivity index is 0.898. The molecule has 0 radical (unpaired) electrons. The Hall–Kier alpha value is -5.94. The summed E-state index contributed by atoms with van der Waals surface area (Å²) < 4.78 is 44.6. The summed E-state index contributed by atoms with van der Waals surface area (Å²) in [7, 11) is 3.56. The van der Waals surface area contributed by atoms with Crippen molar-refractivity contribution in [2.75, 3.05) is 79.6 Å². The van der Waals surface area contributed by atoms with Crippen LogP contribution in [0.4, 0.5) is 31.5 Å². The molecular weight excluding hydrogens is 811 g/mol. The van der Waals surface area contributed by atoms with E-state index < -0.39 is 29.4 Å². The van der Waals surface area contributed by atoms with Crippen LogP contribution in [-0.4, -0.2) is 115 Å². The molecule has 9 rings (SSSR count). The van der Waals surface area contributed by atoms with E-state index in [2.05, 4.69) is 55.6 Å². The number of ether oxygens (including phenoxy) is 2. The van der Waals surface area contributed by atoms with E-state index >= 15 is 8.78 Å². The molecule has 3 amide bonds. The van der Waals surface area contributed by atoms with E-state index in [1.54, 1.807) is 30.1 Å². The van der Waals surface area contributed by atoms with Gasteiger partial charge in [-0.2, -0.15) is 10.1 Å². The largest absolute Gasteiger partial charge is 0.477 e. The topological polar surface area (TPSA) is 150 Å².